The van der Waals surface area contributed by atoms with Crippen molar-refractivity contribution in [2.24, 2.45) is 0 Å². The highest BCUT2D eigenvalue weighted by molar-refractivity contribution is 7.99. The lowest BCUT2D eigenvalue weighted by molar-refractivity contribution is -0.113. The third-order valence-electron chi connectivity index (χ3n) is 2.21. The third-order valence-corrected chi connectivity index (χ3v) is 3.15. The molecular formula is C13H17N3OS. The number of thioether (sulfide) groups is 1. The SMILES string of the molecule is CN(C)CCSCC(=O)Nc1ccc(C#N)cc1. The third kappa shape index (κ3) is 5.71. The minimum atomic E-state index is -0.0107. The number of nitrogens with zero attached hydrogens (tertiary/aromatic N) is 2. The van der Waals surface area contributed by atoms with Gasteiger partial charge in [0.15, 0.2) is 0 Å². The lowest BCUT2D eigenvalue weighted by atomic mass is 10.2. The summed E-state index contributed by atoms with van der Waals surface area (Å²) in [5.74, 6) is 1.38. The van der Waals surface area contributed by atoms with Crippen molar-refractivity contribution in [3.8, 4) is 6.07 Å². The van der Waals surface area contributed by atoms with Crippen molar-refractivity contribution in [2.75, 3.05) is 37.5 Å². The maximum Gasteiger partial charge on any atom is 0.234 e. The maximum absolute atomic E-state index is 11.6. The van der Waals surface area contributed by atoms with Gasteiger partial charge in [-0.05, 0) is 38.4 Å². The number of amides is 1. The molecule has 0 saturated heterocycles. The zero-order valence-electron chi connectivity index (χ0n) is 10.6. The highest BCUT2D eigenvalue weighted by Gasteiger charge is 2.02. The molecule has 0 saturated carbocycles. The average Bonchev–Trinajstić information content (AvgIpc) is 2.35. The smallest absolute Gasteiger partial charge is 0.234 e. The van der Waals surface area contributed by atoms with Gasteiger partial charge in [0.05, 0.1) is 17.4 Å². The second-order valence-corrected chi connectivity index (χ2v) is 5.20. The van der Waals surface area contributed by atoms with E-state index in [1.807, 2.05) is 20.2 Å². The summed E-state index contributed by atoms with van der Waals surface area (Å²) < 4.78 is 0. The molecule has 1 N–H and O–H groups in total. The van der Waals surface area contributed by atoms with Crippen LogP contribution in [0.4, 0.5) is 5.69 Å². The number of nitriles is 1. The van der Waals surface area contributed by atoms with Crippen LogP contribution >= 0.6 is 11.8 Å². The van der Waals surface area contributed by atoms with Gasteiger partial charge < -0.3 is 10.2 Å². The van der Waals surface area contributed by atoms with E-state index in [4.69, 9.17) is 5.26 Å². The first-order valence-electron chi connectivity index (χ1n) is 5.64. The molecule has 1 amide bonds. The molecule has 0 radical (unpaired) electrons. The minimum Gasteiger partial charge on any atom is -0.325 e. The summed E-state index contributed by atoms with van der Waals surface area (Å²) in [6.07, 6.45) is 0. The molecule has 4 nitrogen and oxygen atoms in total. The van der Waals surface area contributed by atoms with E-state index in [1.165, 1.54) is 0 Å². The Labute approximate surface area is 112 Å². The van der Waals surface area contributed by atoms with Crippen LogP contribution in [0.5, 0.6) is 0 Å². The lowest BCUT2D eigenvalue weighted by Crippen LogP contribution is -2.18. The van der Waals surface area contributed by atoms with Gasteiger partial charge in [-0.2, -0.15) is 17.0 Å². The Morgan fingerprint density at radius 3 is 2.61 bits per heavy atom. The van der Waals surface area contributed by atoms with Crippen LogP contribution < -0.4 is 5.32 Å². The molecule has 0 atom stereocenters. The van der Waals surface area contributed by atoms with E-state index >= 15 is 0 Å². The van der Waals surface area contributed by atoms with Gasteiger partial charge in [-0.3, -0.25) is 4.79 Å². The number of hydrogen-bond donors (Lipinski definition) is 1. The lowest BCUT2D eigenvalue weighted by Gasteiger charge is -2.09. The molecule has 1 rings (SSSR count). The molecule has 96 valence electrons. The second-order valence-electron chi connectivity index (χ2n) is 4.09. The fraction of sp³-hybridized carbons (Fsp3) is 0.385. The number of rotatable bonds is 6. The summed E-state index contributed by atoms with van der Waals surface area (Å²) in [4.78, 5) is 13.7. The number of hydrogen-bond acceptors (Lipinski definition) is 4. The summed E-state index contributed by atoms with van der Waals surface area (Å²) in [5.41, 5.74) is 1.32. The van der Waals surface area contributed by atoms with E-state index in [2.05, 4.69) is 10.2 Å². The first-order valence-corrected chi connectivity index (χ1v) is 6.80. The van der Waals surface area contributed by atoms with Crippen LogP contribution in [0.2, 0.25) is 0 Å². The Bertz CT molecular complexity index is 423. The van der Waals surface area contributed by atoms with Crippen molar-refractivity contribution in [3.63, 3.8) is 0 Å². The molecule has 0 aliphatic rings. The fourth-order valence-electron chi connectivity index (χ4n) is 1.24. The van der Waals surface area contributed by atoms with Crippen molar-refractivity contribution >= 4 is 23.4 Å². The van der Waals surface area contributed by atoms with Gasteiger partial charge in [-0.15, -0.1) is 0 Å². The van der Waals surface area contributed by atoms with Crippen LogP contribution in [0, 0.1) is 11.3 Å². The van der Waals surface area contributed by atoms with Crippen LogP contribution in [0.25, 0.3) is 0 Å². The van der Waals surface area contributed by atoms with Crippen LogP contribution in [-0.2, 0) is 4.79 Å². The number of carbonyl (C=O) groups excluding carboxylic acids is 1. The summed E-state index contributed by atoms with van der Waals surface area (Å²) in [6, 6.07) is 8.89. The van der Waals surface area contributed by atoms with Crippen molar-refractivity contribution in [3.05, 3.63) is 29.8 Å². The summed E-state index contributed by atoms with van der Waals surface area (Å²) in [6.45, 7) is 0.967. The molecule has 0 aliphatic carbocycles. The zero-order chi connectivity index (χ0) is 13.4. The van der Waals surface area contributed by atoms with Crippen LogP contribution in [-0.4, -0.2) is 43.0 Å². The minimum absolute atomic E-state index is 0.0107. The zero-order valence-corrected chi connectivity index (χ0v) is 11.5. The Balaban J connectivity index is 2.29. The fourth-order valence-corrected chi connectivity index (χ4v) is 2.13. The van der Waals surface area contributed by atoms with Gasteiger partial charge in [0.25, 0.3) is 0 Å². The number of nitrogens with one attached hydrogen (secondary N) is 1. The molecule has 0 aromatic heterocycles. The van der Waals surface area contributed by atoms with E-state index in [0.717, 1.165) is 18.0 Å². The molecule has 5 heteroatoms. The summed E-state index contributed by atoms with van der Waals surface area (Å²) in [7, 11) is 4.02. The quantitative estimate of drug-likeness (QED) is 0.795. The largest absolute Gasteiger partial charge is 0.325 e. The molecule has 0 spiro atoms. The molecule has 0 unspecified atom stereocenters. The van der Waals surface area contributed by atoms with E-state index in [0.29, 0.717) is 11.3 Å². The molecule has 0 fully saturated rings. The summed E-state index contributed by atoms with van der Waals surface area (Å²) in [5, 5.41) is 11.5. The Morgan fingerprint density at radius 2 is 2.06 bits per heavy atom. The van der Waals surface area contributed by atoms with Crippen molar-refractivity contribution in [2.45, 2.75) is 0 Å². The van der Waals surface area contributed by atoms with E-state index in [9.17, 15) is 4.79 Å². The van der Waals surface area contributed by atoms with Crippen LogP contribution in [0.3, 0.4) is 0 Å². The molecule has 0 heterocycles. The van der Waals surface area contributed by atoms with Gasteiger partial charge in [-0.1, -0.05) is 0 Å². The predicted octanol–water partition coefficient (Wildman–Crippen LogP) is 1.79. The Hall–Kier alpha value is -1.51. The first-order chi connectivity index (χ1) is 8.61. The molecule has 0 aliphatic heterocycles. The van der Waals surface area contributed by atoms with Crippen molar-refractivity contribution in [1.82, 2.24) is 4.90 Å². The second kappa shape index (κ2) is 7.75. The standard InChI is InChI=1S/C13H17N3OS/c1-16(2)7-8-18-10-13(17)15-12-5-3-11(9-14)4-6-12/h3-6H,7-8,10H2,1-2H3,(H,15,17). The Morgan fingerprint density at radius 1 is 1.39 bits per heavy atom. The number of anilines is 1. The van der Waals surface area contributed by atoms with E-state index < -0.39 is 0 Å². The van der Waals surface area contributed by atoms with Gasteiger partial charge in [0.2, 0.25) is 5.91 Å². The van der Waals surface area contributed by atoms with E-state index in [1.54, 1.807) is 36.0 Å². The molecule has 1 aromatic carbocycles. The van der Waals surface area contributed by atoms with Gasteiger partial charge >= 0.3 is 0 Å². The summed E-state index contributed by atoms with van der Waals surface area (Å²) >= 11 is 1.61. The highest BCUT2D eigenvalue weighted by Crippen LogP contribution is 2.09. The molecule has 0 bridgehead atoms. The molecule has 18 heavy (non-hydrogen) atoms. The molecular weight excluding hydrogens is 246 g/mol. The average molecular weight is 263 g/mol. The molecule has 1 aromatic rings. The monoisotopic (exact) mass is 263 g/mol. The maximum atomic E-state index is 11.6. The van der Waals surface area contributed by atoms with Crippen molar-refractivity contribution in [1.29, 1.82) is 5.26 Å². The van der Waals surface area contributed by atoms with Gasteiger partial charge in [0, 0.05) is 18.0 Å². The Kier molecular flexibility index (Phi) is 6.26. The predicted molar refractivity (Wildman–Crippen MR) is 75.7 cm³/mol. The van der Waals surface area contributed by atoms with Crippen LogP contribution in [0.1, 0.15) is 5.56 Å². The van der Waals surface area contributed by atoms with E-state index in [-0.39, 0.29) is 5.91 Å². The van der Waals surface area contributed by atoms with Crippen LogP contribution in [0.15, 0.2) is 24.3 Å². The van der Waals surface area contributed by atoms with Gasteiger partial charge in [-0.25, -0.2) is 0 Å². The van der Waals surface area contributed by atoms with Gasteiger partial charge in [0.1, 0.15) is 0 Å². The first kappa shape index (κ1) is 14.6. The normalized spacial score (nSPS) is 10.1. The number of benzene rings is 1. The number of carbonyl (C=O) groups is 1. The highest BCUT2D eigenvalue weighted by atomic mass is 32.2. The van der Waals surface area contributed by atoms with Crippen molar-refractivity contribution < 1.29 is 4.79 Å². The topological polar surface area (TPSA) is 56.1 Å².